The van der Waals surface area contributed by atoms with E-state index in [2.05, 4.69) is 5.32 Å². The molecule has 0 aliphatic heterocycles. The van der Waals surface area contributed by atoms with Crippen LogP contribution >= 0.6 is 0 Å². The van der Waals surface area contributed by atoms with Crippen molar-refractivity contribution in [3.8, 4) is 17.2 Å². The van der Waals surface area contributed by atoms with Crippen molar-refractivity contribution in [2.45, 2.75) is 6.54 Å². The summed E-state index contributed by atoms with van der Waals surface area (Å²) in [5, 5.41) is 40.5. The number of hydrogen-bond donors (Lipinski definition) is 5. The van der Waals surface area contributed by atoms with Gasteiger partial charge in [-0.1, -0.05) is 6.07 Å². The van der Waals surface area contributed by atoms with Gasteiger partial charge in [0, 0.05) is 12.1 Å². The summed E-state index contributed by atoms with van der Waals surface area (Å²) in [4.78, 5) is 10.9. The van der Waals surface area contributed by atoms with E-state index in [1.54, 1.807) is 0 Å². The molecule has 0 unspecified atom stereocenters. The summed E-state index contributed by atoms with van der Waals surface area (Å²) in [6, 6.07) is 8.37. The van der Waals surface area contributed by atoms with E-state index in [9.17, 15) is 20.1 Å². The summed E-state index contributed by atoms with van der Waals surface area (Å²) in [5.41, 5.74) is 0.438. The second-order valence-electron chi connectivity index (χ2n) is 4.17. The Morgan fingerprint density at radius 1 is 1.10 bits per heavy atom. The van der Waals surface area contributed by atoms with Crippen molar-refractivity contribution >= 4 is 11.7 Å². The third kappa shape index (κ3) is 2.74. The lowest BCUT2D eigenvalue weighted by atomic mass is 10.1. The second-order valence-corrected chi connectivity index (χ2v) is 4.17. The van der Waals surface area contributed by atoms with Gasteiger partial charge in [0.15, 0.2) is 5.75 Å². The van der Waals surface area contributed by atoms with Gasteiger partial charge in [-0.25, -0.2) is 4.79 Å². The van der Waals surface area contributed by atoms with E-state index < -0.39 is 5.97 Å². The molecule has 20 heavy (non-hydrogen) atoms. The van der Waals surface area contributed by atoms with Gasteiger partial charge in [-0.15, -0.1) is 0 Å². The summed E-state index contributed by atoms with van der Waals surface area (Å²) >= 11 is 0. The molecule has 2 aromatic rings. The molecule has 104 valence electrons. The summed E-state index contributed by atoms with van der Waals surface area (Å²) in [6.07, 6.45) is 0. The Morgan fingerprint density at radius 3 is 2.55 bits per heavy atom. The van der Waals surface area contributed by atoms with Gasteiger partial charge in [-0.2, -0.15) is 0 Å². The molecule has 2 rings (SSSR count). The molecule has 0 amide bonds. The molecule has 0 aliphatic rings. The average molecular weight is 275 g/mol. The first-order valence-corrected chi connectivity index (χ1v) is 5.79. The van der Waals surface area contributed by atoms with Crippen LogP contribution in [0.1, 0.15) is 15.9 Å². The molecule has 0 heterocycles. The summed E-state index contributed by atoms with van der Waals surface area (Å²) in [6.45, 7) is 0.122. The molecule has 2 aromatic carbocycles. The van der Waals surface area contributed by atoms with Gasteiger partial charge in [0.1, 0.15) is 17.1 Å². The maximum Gasteiger partial charge on any atom is 0.339 e. The number of anilines is 1. The van der Waals surface area contributed by atoms with Crippen molar-refractivity contribution in [1.82, 2.24) is 0 Å². The quantitative estimate of drug-likeness (QED) is 0.432. The minimum Gasteiger partial charge on any atom is -0.508 e. The highest BCUT2D eigenvalue weighted by atomic mass is 16.4. The van der Waals surface area contributed by atoms with E-state index in [4.69, 9.17) is 5.11 Å². The van der Waals surface area contributed by atoms with Crippen molar-refractivity contribution in [3.63, 3.8) is 0 Å². The van der Waals surface area contributed by atoms with E-state index >= 15 is 0 Å². The largest absolute Gasteiger partial charge is 0.508 e. The van der Waals surface area contributed by atoms with Crippen LogP contribution in [0.3, 0.4) is 0 Å². The van der Waals surface area contributed by atoms with Crippen LogP contribution in [0.4, 0.5) is 5.69 Å². The normalized spacial score (nSPS) is 10.2. The molecule has 0 radical (unpaired) electrons. The van der Waals surface area contributed by atoms with Crippen molar-refractivity contribution in [3.05, 3.63) is 47.5 Å². The van der Waals surface area contributed by atoms with Gasteiger partial charge in [0.05, 0.1) is 5.69 Å². The number of carboxylic acid groups (broad SMARTS) is 1. The Balaban J connectivity index is 2.21. The molecular weight excluding hydrogens is 262 g/mol. The van der Waals surface area contributed by atoms with E-state index in [1.807, 2.05) is 0 Å². The van der Waals surface area contributed by atoms with Gasteiger partial charge in [0.25, 0.3) is 0 Å². The number of carbonyl (C=O) groups is 1. The Bertz CT molecular complexity index is 654. The Hall–Kier alpha value is -2.89. The predicted molar refractivity (Wildman–Crippen MR) is 72.2 cm³/mol. The highest BCUT2D eigenvalue weighted by molar-refractivity contribution is 5.93. The fraction of sp³-hybridized carbons (Fsp3) is 0.0714. The SMILES string of the molecule is O=C(O)c1cccc(NCc2cc(O)ccc2O)c1O. The van der Waals surface area contributed by atoms with Gasteiger partial charge in [-0.3, -0.25) is 0 Å². The van der Waals surface area contributed by atoms with Crippen LogP contribution in [0.2, 0.25) is 0 Å². The number of hydrogen-bond acceptors (Lipinski definition) is 5. The van der Waals surface area contributed by atoms with Gasteiger partial charge in [0.2, 0.25) is 0 Å². The Morgan fingerprint density at radius 2 is 1.85 bits per heavy atom. The zero-order chi connectivity index (χ0) is 14.7. The Labute approximate surface area is 114 Å². The molecule has 6 heteroatoms. The number of para-hydroxylation sites is 1. The first-order chi connectivity index (χ1) is 9.49. The highest BCUT2D eigenvalue weighted by Gasteiger charge is 2.13. The number of phenolic OH excluding ortho intramolecular Hbond substituents is 2. The molecular formula is C14H13NO5. The number of rotatable bonds is 4. The summed E-state index contributed by atoms with van der Waals surface area (Å²) < 4.78 is 0. The van der Waals surface area contributed by atoms with Gasteiger partial charge < -0.3 is 25.7 Å². The van der Waals surface area contributed by atoms with Crippen LogP contribution in [0.15, 0.2) is 36.4 Å². The van der Waals surface area contributed by atoms with E-state index in [0.717, 1.165) is 0 Å². The molecule has 0 aliphatic carbocycles. The fourth-order valence-electron chi connectivity index (χ4n) is 1.76. The number of benzene rings is 2. The third-order valence-corrected chi connectivity index (χ3v) is 2.80. The lowest BCUT2D eigenvalue weighted by molar-refractivity contribution is 0.0694. The van der Waals surface area contributed by atoms with Gasteiger partial charge >= 0.3 is 5.97 Å². The van der Waals surface area contributed by atoms with E-state index in [1.165, 1.54) is 36.4 Å². The average Bonchev–Trinajstić information content (AvgIpc) is 2.41. The van der Waals surface area contributed by atoms with E-state index in [-0.39, 0.29) is 35.0 Å². The van der Waals surface area contributed by atoms with Crippen molar-refractivity contribution < 1.29 is 25.2 Å². The van der Waals surface area contributed by atoms with Gasteiger partial charge in [-0.05, 0) is 30.3 Å². The number of aromatic hydroxyl groups is 3. The number of carboxylic acids is 1. The zero-order valence-corrected chi connectivity index (χ0v) is 10.4. The van der Waals surface area contributed by atoms with Crippen LogP contribution in [0.5, 0.6) is 17.2 Å². The minimum atomic E-state index is -1.23. The van der Waals surface area contributed by atoms with Crippen molar-refractivity contribution in [2.75, 3.05) is 5.32 Å². The van der Waals surface area contributed by atoms with Crippen molar-refractivity contribution in [1.29, 1.82) is 0 Å². The predicted octanol–water partition coefficient (Wildman–Crippen LogP) is 2.11. The lowest BCUT2D eigenvalue weighted by Crippen LogP contribution is -2.03. The zero-order valence-electron chi connectivity index (χ0n) is 10.4. The number of nitrogens with one attached hydrogen (secondary N) is 1. The molecule has 0 atom stereocenters. The van der Waals surface area contributed by atoms with Crippen molar-refractivity contribution in [2.24, 2.45) is 0 Å². The monoisotopic (exact) mass is 275 g/mol. The third-order valence-electron chi connectivity index (χ3n) is 2.80. The van der Waals surface area contributed by atoms with E-state index in [0.29, 0.717) is 5.56 Å². The highest BCUT2D eigenvalue weighted by Crippen LogP contribution is 2.29. The first kappa shape index (κ1) is 13.5. The maximum absolute atomic E-state index is 10.9. The molecule has 0 fully saturated rings. The van der Waals surface area contributed by atoms with Crippen LogP contribution < -0.4 is 5.32 Å². The molecule has 0 saturated carbocycles. The summed E-state index contributed by atoms with van der Waals surface area (Å²) in [7, 11) is 0. The first-order valence-electron chi connectivity index (χ1n) is 5.79. The number of phenols is 3. The smallest absolute Gasteiger partial charge is 0.339 e. The second kappa shape index (κ2) is 5.40. The minimum absolute atomic E-state index is 0.00288. The van der Waals surface area contributed by atoms with Crippen LogP contribution in [0, 0.1) is 0 Å². The topological polar surface area (TPSA) is 110 Å². The van der Waals surface area contributed by atoms with Crippen LogP contribution in [-0.4, -0.2) is 26.4 Å². The molecule has 0 aromatic heterocycles. The van der Waals surface area contributed by atoms with Crippen LogP contribution in [0.25, 0.3) is 0 Å². The molecule has 0 bridgehead atoms. The Kier molecular flexibility index (Phi) is 3.65. The standard InChI is InChI=1S/C14H13NO5/c16-9-4-5-12(17)8(6-9)7-15-11-3-1-2-10(13(11)18)14(19)20/h1-6,15-18H,7H2,(H,19,20). The lowest BCUT2D eigenvalue weighted by Gasteiger charge is -2.11. The number of aromatic carboxylic acids is 1. The molecule has 0 saturated heterocycles. The summed E-state index contributed by atoms with van der Waals surface area (Å²) in [5.74, 6) is -1.61. The molecule has 5 N–H and O–H groups in total. The molecule has 0 spiro atoms. The maximum atomic E-state index is 10.9. The van der Waals surface area contributed by atoms with Crippen LogP contribution in [-0.2, 0) is 6.54 Å². The molecule has 6 nitrogen and oxygen atoms in total. The fourth-order valence-corrected chi connectivity index (χ4v) is 1.76.